The molecule has 0 radical (unpaired) electrons. The summed E-state index contributed by atoms with van der Waals surface area (Å²) in [6.45, 7) is 4.44. The van der Waals surface area contributed by atoms with Crippen LogP contribution >= 0.6 is 0 Å². The highest BCUT2D eigenvalue weighted by molar-refractivity contribution is 5.80. The number of rotatable bonds is 6. The number of hydrogen-bond acceptors (Lipinski definition) is 3. The van der Waals surface area contributed by atoms with E-state index in [1.54, 1.807) is 13.8 Å². The third-order valence-electron chi connectivity index (χ3n) is 4.02. The van der Waals surface area contributed by atoms with Crippen molar-refractivity contribution >= 4 is 5.91 Å². The maximum absolute atomic E-state index is 12.6. The molecule has 1 heterocycles. The number of hydrogen-bond donors (Lipinski definition) is 1. The van der Waals surface area contributed by atoms with Crippen molar-refractivity contribution in [1.29, 1.82) is 0 Å². The van der Waals surface area contributed by atoms with E-state index >= 15 is 0 Å². The lowest BCUT2D eigenvalue weighted by Crippen LogP contribution is -2.37. The van der Waals surface area contributed by atoms with Gasteiger partial charge in [0.05, 0.1) is 24.3 Å². The molecule has 1 amide bonds. The predicted octanol–water partition coefficient (Wildman–Crippen LogP) is 3.47. The van der Waals surface area contributed by atoms with E-state index in [1.165, 1.54) is 12.1 Å². The largest absolute Gasteiger partial charge is 0.416 e. The second kappa shape index (κ2) is 7.98. The van der Waals surface area contributed by atoms with Crippen LogP contribution in [-0.4, -0.2) is 31.3 Å². The summed E-state index contributed by atoms with van der Waals surface area (Å²) in [4.78, 5) is 12.1. The van der Waals surface area contributed by atoms with Crippen molar-refractivity contribution in [2.45, 2.75) is 51.1 Å². The van der Waals surface area contributed by atoms with Crippen LogP contribution in [0.1, 0.15) is 43.9 Å². The Labute approximate surface area is 139 Å². The summed E-state index contributed by atoms with van der Waals surface area (Å²) >= 11 is 0. The van der Waals surface area contributed by atoms with Gasteiger partial charge in [-0.05, 0) is 44.4 Å². The molecule has 0 aromatic heterocycles. The van der Waals surface area contributed by atoms with Crippen molar-refractivity contribution in [2.24, 2.45) is 0 Å². The molecule has 1 N–H and O–H groups in total. The maximum atomic E-state index is 12.6. The number of benzene rings is 1. The zero-order chi connectivity index (χ0) is 17.7. The minimum atomic E-state index is -4.37. The quantitative estimate of drug-likeness (QED) is 0.859. The molecule has 0 aliphatic carbocycles. The zero-order valence-corrected chi connectivity index (χ0v) is 13.7. The summed E-state index contributed by atoms with van der Waals surface area (Å²) < 4.78 is 48.6. The number of carbonyl (C=O) groups is 1. The van der Waals surface area contributed by atoms with Crippen LogP contribution < -0.4 is 5.32 Å². The second-order valence-corrected chi connectivity index (χ2v) is 5.96. The smallest absolute Gasteiger partial charge is 0.376 e. The van der Waals surface area contributed by atoms with E-state index in [2.05, 4.69) is 5.32 Å². The third-order valence-corrected chi connectivity index (χ3v) is 4.02. The van der Waals surface area contributed by atoms with Gasteiger partial charge in [0.15, 0.2) is 0 Å². The molecule has 1 aromatic carbocycles. The lowest BCUT2D eigenvalue weighted by atomic mass is 10.1. The summed E-state index contributed by atoms with van der Waals surface area (Å²) in [6, 6.07) is 4.34. The number of carbonyl (C=O) groups excluding carboxylic acids is 1. The molecule has 0 bridgehead atoms. The van der Waals surface area contributed by atoms with Crippen LogP contribution in [0, 0.1) is 0 Å². The monoisotopic (exact) mass is 345 g/mol. The number of ether oxygens (including phenoxy) is 2. The zero-order valence-electron chi connectivity index (χ0n) is 13.7. The maximum Gasteiger partial charge on any atom is 0.416 e. The van der Waals surface area contributed by atoms with Crippen molar-refractivity contribution in [2.75, 3.05) is 13.2 Å². The lowest BCUT2D eigenvalue weighted by Gasteiger charge is -2.20. The van der Waals surface area contributed by atoms with Gasteiger partial charge in [-0.2, -0.15) is 13.2 Å². The molecule has 3 atom stereocenters. The first-order valence-electron chi connectivity index (χ1n) is 7.98. The van der Waals surface area contributed by atoms with Gasteiger partial charge >= 0.3 is 6.18 Å². The molecule has 24 heavy (non-hydrogen) atoms. The van der Waals surface area contributed by atoms with E-state index in [-0.39, 0.29) is 12.0 Å². The first kappa shape index (κ1) is 18.7. The Kier molecular flexibility index (Phi) is 6.23. The van der Waals surface area contributed by atoms with Crippen LogP contribution in [0.3, 0.4) is 0 Å². The molecule has 1 saturated heterocycles. The standard InChI is InChI=1S/C17H22F3NO3/c1-11(13-5-7-14(8-6-13)17(18,19)20)21-16(22)12(2)24-10-15-4-3-9-23-15/h5-8,11-12,15H,3-4,9-10H2,1-2H3,(H,21,22). The molecule has 1 aromatic rings. The second-order valence-electron chi connectivity index (χ2n) is 5.96. The summed E-state index contributed by atoms with van der Waals surface area (Å²) in [6.07, 6.45) is -3.05. The Morgan fingerprint density at radius 1 is 1.33 bits per heavy atom. The van der Waals surface area contributed by atoms with Crippen molar-refractivity contribution in [3.8, 4) is 0 Å². The highest BCUT2D eigenvalue weighted by Crippen LogP contribution is 2.29. The predicted molar refractivity (Wildman–Crippen MR) is 82.4 cm³/mol. The first-order valence-corrected chi connectivity index (χ1v) is 7.98. The van der Waals surface area contributed by atoms with Gasteiger partial charge in [0, 0.05) is 6.61 Å². The van der Waals surface area contributed by atoms with E-state index in [0.717, 1.165) is 31.6 Å². The van der Waals surface area contributed by atoms with Gasteiger partial charge in [0.25, 0.3) is 0 Å². The van der Waals surface area contributed by atoms with Crippen molar-refractivity contribution in [3.05, 3.63) is 35.4 Å². The minimum Gasteiger partial charge on any atom is -0.376 e. The third kappa shape index (κ3) is 5.21. The van der Waals surface area contributed by atoms with Gasteiger partial charge in [0.2, 0.25) is 5.91 Å². The molecule has 0 saturated carbocycles. The SMILES string of the molecule is CC(OCC1CCCO1)C(=O)NC(C)c1ccc(C(F)(F)F)cc1. The summed E-state index contributed by atoms with van der Waals surface area (Å²) in [5, 5.41) is 2.74. The molecule has 4 nitrogen and oxygen atoms in total. The fraction of sp³-hybridized carbons (Fsp3) is 0.588. The van der Waals surface area contributed by atoms with E-state index < -0.39 is 23.9 Å². The topological polar surface area (TPSA) is 47.6 Å². The van der Waals surface area contributed by atoms with Gasteiger partial charge in [-0.15, -0.1) is 0 Å². The van der Waals surface area contributed by atoms with Crippen molar-refractivity contribution < 1.29 is 27.4 Å². The fourth-order valence-electron chi connectivity index (χ4n) is 2.48. The average molecular weight is 345 g/mol. The van der Waals surface area contributed by atoms with Crippen LogP contribution in [-0.2, 0) is 20.4 Å². The Morgan fingerprint density at radius 2 is 2.00 bits per heavy atom. The van der Waals surface area contributed by atoms with Gasteiger partial charge in [-0.1, -0.05) is 12.1 Å². The average Bonchev–Trinajstić information content (AvgIpc) is 3.05. The molecular weight excluding hydrogens is 323 g/mol. The van der Waals surface area contributed by atoms with Crippen molar-refractivity contribution in [3.63, 3.8) is 0 Å². The molecule has 2 rings (SSSR count). The Morgan fingerprint density at radius 3 is 2.54 bits per heavy atom. The molecule has 1 aliphatic heterocycles. The number of halogens is 3. The van der Waals surface area contributed by atoms with E-state index in [9.17, 15) is 18.0 Å². The number of amides is 1. The lowest BCUT2D eigenvalue weighted by molar-refractivity contribution is -0.137. The van der Waals surface area contributed by atoms with Crippen LogP contribution in [0.15, 0.2) is 24.3 Å². The number of alkyl halides is 3. The van der Waals surface area contributed by atoms with E-state index in [4.69, 9.17) is 9.47 Å². The molecule has 0 spiro atoms. The van der Waals surface area contributed by atoms with Gasteiger partial charge < -0.3 is 14.8 Å². The summed E-state index contributed by atoms with van der Waals surface area (Å²) in [5.74, 6) is -0.305. The highest BCUT2D eigenvalue weighted by atomic mass is 19.4. The molecule has 1 fully saturated rings. The van der Waals surface area contributed by atoms with Gasteiger partial charge in [-0.3, -0.25) is 4.79 Å². The Bertz CT molecular complexity index is 539. The first-order chi connectivity index (χ1) is 11.3. The van der Waals surface area contributed by atoms with Crippen LogP contribution in [0.2, 0.25) is 0 Å². The molecule has 3 unspecified atom stereocenters. The van der Waals surface area contributed by atoms with E-state index in [0.29, 0.717) is 12.2 Å². The van der Waals surface area contributed by atoms with Gasteiger partial charge in [0.1, 0.15) is 6.10 Å². The fourth-order valence-corrected chi connectivity index (χ4v) is 2.48. The molecule has 7 heteroatoms. The van der Waals surface area contributed by atoms with Crippen LogP contribution in [0.25, 0.3) is 0 Å². The van der Waals surface area contributed by atoms with Crippen LogP contribution in [0.5, 0.6) is 0 Å². The van der Waals surface area contributed by atoms with Crippen LogP contribution in [0.4, 0.5) is 13.2 Å². The minimum absolute atomic E-state index is 0.0348. The van der Waals surface area contributed by atoms with Crippen molar-refractivity contribution in [1.82, 2.24) is 5.32 Å². The number of nitrogens with one attached hydrogen (secondary N) is 1. The Hall–Kier alpha value is -1.60. The normalized spacial score (nSPS) is 20.6. The molecule has 1 aliphatic rings. The van der Waals surface area contributed by atoms with E-state index in [1.807, 2.05) is 0 Å². The Balaban J connectivity index is 1.83. The van der Waals surface area contributed by atoms with Gasteiger partial charge in [-0.25, -0.2) is 0 Å². The molecular formula is C17H22F3NO3. The molecule has 134 valence electrons. The summed E-state index contributed by atoms with van der Waals surface area (Å²) in [5.41, 5.74) is -0.110. The summed E-state index contributed by atoms with van der Waals surface area (Å²) in [7, 11) is 0. The highest BCUT2D eigenvalue weighted by Gasteiger charge is 2.30.